The second-order valence-electron chi connectivity index (χ2n) is 4.76. The quantitative estimate of drug-likeness (QED) is 0.803. The summed E-state index contributed by atoms with van der Waals surface area (Å²) in [6, 6.07) is 12.8. The summed E-state index contributed by atoms with van der Waals surface area (Å²) in [5.41, 5.74) is 2.41. The zero-order valence-corrected chi connectivity index (χ0v) is 12.7. The number of carbonyl (C=O) groups excluding carboxylic acids is 1. The van der Waals surface area contributed by atoms with Crippen molar-refractivity contribution in [3.8, 4) is 5.75 Å². The molecule has 0 unspecified atom stereocenters. The molecule has 3 aromatic rings. The molecule has 0 aliphatic carbocycles. The lowest BCUT2D eigenvalue weighted by atomic mass is 10.3. The number of nitrogens with zero attached hydrogens (tertiary/aromatic N) is 2. The fraction of sp³-hybridized carbons (Fsp3) is 0.125. The van der Waals surface area contributed by atoms with Crippen molar-refractivity contribution in [1.29, 1.82) is 0 Å². The molecular weight excluding hydrogens is 302 g/mol. The molecule has 0 saturated heterocycles. The first kappa shape index (κ1) is 14.4. The Kier molecular flexibility index (Phi) is 3.98. The number of halogens is 1. The number of anilines is 1. The predicted octanol–water partition coefficient (Wildman–Crippen LogP) is 3.34. The van der Waals surface area contributed by atoms with Crippen LogP contribution < -0.4 is 10.1 Å². The fourth-order valence-electron chi connectivity index (χ4n) is 2.24. The van der Waals surface area contributed by atoms with E-state index < -0.39 is 0 Å². The summed E-state index contributed by atoms with van der Waals surface area (Å²) < 4.78 is 6.88. The van der Waals surface area contributed by atoms with Crippen LogP contribution in [0, 0.1) is 0 Å². The van der Waals surface area contributed by atoms with Gasteiger partial charge in [-0.3, -0.25) is 4.79 Å². The molecule has 0 saturated carbocycles. The summed E-state index contributed by atoms with van der Waals surface area (Å²) in [5.74, 6) is 0.421. The van der Waals surface area contributed by atoms with Crippen LogP contribution in [0.1, 0.15) is 0 Å². The van der Waals surface area contributed by atoms with Crippen LogP contribution in [-0.4, -0.2) is 22.6 Å². The molecule has 0 atom stereocenters. The van der Waals surface area contributed by atoms with Crippen molar-refractivity contribution in [3.05, 3.63) is 53.8 Å². The predicted molar refractivity (Wildman–Crippen MR) is 86.4 cm³/mol. The van der Waals surface area contributed by atoms with Crippen molar-refractivity contribution in [1.82, 2.24) is 9.55 Å². The Morgan fingerprint density at radius 3 is 2.91 bits per heavy atom. The molecule has 1 aromatic heterocycles. The Hall–Kier alpha value is -2.53. The highest BCUT2D eigenvalue weighted by Crippen LogP contribution is 2.27. The first-order valence-electron chi connectivity index (χ1n) is 6.70. The molecule has 0 aliphatic heterocycles. The standard InChI is InChI=1S/C16H14ClN3O2/c1-22-15-7-6-11(8-12(15)17)19-16(21)9-20-10-18-13-4-2-3-5-14(13)20/h2-8,10H,9H2,1H3,(H,19,21). The summed E-state index contributed by atoms with van der Waals surface area (Å²) in [6.07, 6.45) is 1.66. The SMILES string of the molecule is COc1ccc(NC(=O)Cn2cnc3ccccc32)cc1Cl. The molecule has 112 valence electrons. The second kappa shape index (κ2) is 6.07. The number of imidazole rings is 1. The summed E-state index contributed by atoms with van der Waals surface area (Å²) >= 11 is 6.04. The van der Waals surface area contributed by atoms with E-state index in [0.29, 0.717) is 16.5 Å². The third-order valence-electron chi connectivity index (χ3n) is 3.28. The lowest BCUT2D eigenvalue weighted by molar-refractivity contribution is -0.116. The Bertz CT molecular complexity index is 829. The van der Waals surface area contributed by atoms with E-state index in [-0.39, 0.29) is 12.5 Å². The Morgan fingerprint density at radius 1 is 1.32 bits per heavy atom. The summed E-state index contributed by atoms with van der Waals surface area (Å²) in [5, 5.41) is 3.26. The molecule has 1 N–H and O–H groups in total. The van der Waals surface area contributed by atoms with Crippen LogP contribution in [0.4, 0.5) is 5.69 Å². The van der Waals surface area contributed by atoms with Gasteiger partial charge in [0.25, 0.3) is 0 Å². The number of methoxy groups -OCH3 is 1. The Balaban J connectivity index is 1.74. The maximum absolute atomic E-state index is 12.2. The van der Waals surface area contributed by atoms with Gasteiger partial charge >= 0.3 is 0 Å². The van der Waals surface area contributed by atoms with Crippen LogP contribution in [0.25, 0.3) is 11.0 Å². The van der Waals surface area contributed by atoms with Gasteiger partial charge in [0, 0.05) is 5.69 Å². The molecule has 3 rings (SSSR count). The number of fused-ring (bicyclic) bond motifs is 1. The first-order valence-corrected chi connectivity index (χ1v) is 7.08. The number of hydrogen-bond donors (Lipinski definition) is 1. The van der Waals surface area contributed by atoms with Crippen molar-refractivity contribution in [2.24, 2.45) is 0 Å². The average Bonchev–Trinajstić information content (AvgIpc) is 2.91. The molecule has 22 heavy (non-hydrogen) atoms. The monoisotopic (exact) mass is 315 g/mol. The summed E-state index contributed by atoms with van der Waals surface area (Å²) in [6.45, 7) is 0.185. The molecule has 1 amide bonds. The number of rotatable bonds is 4. The van der Waals surface area contributed by atoms with Crippen molar-refractivity contribution in [2.75, 3.05) is 12.4 Å². The van der Waals surface area contributed by atoms with Gasteiger partial charge in [-0.05, 0) is 30.3 Å². The Labute approximate surface area is 132 Å². The molecule has 0 spiro atoms. The normalized spacial score (nSPS) is 10.6. The molecular formula is C16H14ClN3O2. The molecule has 6 heteroatoms. The van der Waals surface area contributed by atoms with Gasteiger partial charge in [-0.1, -0.05) is 23.7 Å². The van der Waals surface area contributed by atoms with E-state index in [9.17, 15) is 4.79 Å². The molecule has 0 fully saturated rings. The van der Waals surface area contributed by atoms with E-state index in [0.717, 1.165) is 11.0 Å². The van der Waals surface area contributed by atoms with E-state index in [1.54, 1.807) is 36.2 Å². The minimum atomic E-state index is -0.149. The summed E-state index contributed by atoms with van der Waals surface area (Å²) in [4.78, 5) is 16.4. The molecule has 2 aromatic carbocycles. The van der Waals surface area contributed by atoms with Crippen LogP contribution >= 0.6 is 11.6 Å². The molecule has 0 aliphatic rings. The third kappa shape index (κ3) is 2.89. The number of amides is 1. The number of hydrogen-bond acceptors (Lipinski definition) is 3. The van der Waals surface area contributed by atoms with Crippen molar-refractivity contribution >= 4 is 34.2 Å². The lowest BCUT2D eigenvalue weighted by Crippen LogP contribution is -2.18. The third-order valence-corrected chi connectivity index (χ3v) is 3.57. The van der Waals surface area contributed by atoms with Gasteiger partial charge in [-0.2, -0.15) is 0 Å². The first-order chi connectivity index (χ1) is 10.7. The largest absolute Gasteiger partial charge is 0.495 e. The minimum absolute atomic E-state index is 0.149. The number of carbonyl (C=O) groups is 1. The summed E-state index contributed by atoms with van der Waals surface area (Å²) in [7, 11) is 1.55. The smallest absolute Gasteiger partial charge is 0.244 e. The number of ether oxygens (including phenoxy) is 1. The molecule has 0 radical (unpaired) electrons. The van der Waals surface area contributed by atoms with E-state index in [4.69, 9.17) is 16.3 Å². The van der Waals surface area contributed by atoms with Gasteiger partial charge in [0.2, 0.25) is 5.91 Å². The highest BCUT2D eigenvalue weighted by molar-refractivity contribution is 6.32. The number of nitrogens with one attached hydrogen (secondary N) is 1. The second-order valence-corrected chi connectivity index (χ2v) is 5.17. The highest BCUT2D eigenvalue weighted by Gasteiger charge is 2.08. The van der Waals surface area contributed by atoms with Gasteiger partial charge < -0.3 is 14.6 Å². The average molecular weight is 316 g/mol. The molecule has 0 bridgehead atoms. The van der Waals surface area contributed by atoms with Crippen LogP contribution in [0.3, 0.4) is 0 Å². The maximum Gasteiger partial charge on any atom is 0.244 e. The highest BCUT2D eigenvalue weighted by atomic mass is 35.5. The molecule has 5 nitrogen and oxygen atoms in total. The maximum atomic E-state index is 12.2. The van der Waals surface area contributed by atoms with Gasteiger partial charge in [0.15, 0.2) is 0 Å². The zero-order chi connectivity index (χ0) is 15.5. The van der Waals surface area contributed by atoms with E-state index >= 15 is 0 Å². The van der Waals surface area contributed by atoms with Gasteiger partial charge in [0.05, 0.1) is 29.5 Å². The van der Waals surface area contributed by atoms with Crippen LogP contribution in [0.5, 0.6) is 5.75 Å². The topological polar surface area (TPSA) is 56.1 Å². The van der Waals surface area contributed by atoms with Crippen molar-refractivity contribution in [3.63, 3.8) is 0 Å². The van der Waals surface area contributed by atoms with Gasteiger partial charge in [0.1, 0.15) is 12.3 Å². The fourth-order valence-corrected chi connectivity index (χ4v) is 2.49. The lowest BCUT2D eigenvalue weighted by Gasteiger charge is -2.09. The minimum Gasteiger partial charge on any atom is -0.495 e. The molecule has 1 heterocycles. The van der Waals surface area contributed by atoms with Gasteiger partial charge in [-0.25, -0.2) is 4.98 Å². The van der Waals surface area contributed by atoms with Crippen molar-refractivity contribution < 1.29 is 9.53 Å². The zero-order valence-electron chi connectivity index (χ0n) is 11.9. The number of benzene rings is 2. The Morgan fingerprint density at radius 2 is 2.14 bits per heavy atom. The van der Waals surface area contributed by atoms with Gasteiger partial charge in [-0.15, -0.1) is 0 Å². The number of aromatic nitrogens is 2. The number of para-hydroxylation sites is 2. The van der Waals surface area contributed by atoms with Crippen LogP contribution in [0.15, 0.2) is 48.8 Å². The van der Waals surface area contributed by atoms with E-state index in [1.807, 2.05) is 24.3 Å². The van der Waals surface area contributed by atoms with E-state index in [1.165, 1.54) is 0 Å². The van der Waals surface area contributed by atoms with E-state index in [2.05, 4.69) is 10.3 Å². The van der Waals surface area contributed by atoms with Crippen LogP contribution in [0.2, 0.25) is 5.02 Å². The van der Waals surface area contributed by atoms with Crippen molar-refractivity contribution in [2.45, 2.75) is 6.54 Å². The van der Waals surface area contributed by atoms with Crippen LogP contribution in [-0.2, 0) is 11.3 Å².